The number of rotatable bonds is 1. The summed E-state index contributed by atoms with van der Waals surface area (Å²) in [6, 6.07) is 7.07. The van der Waals surface area contributed by atoms with E-state index in [1.54, 1.807) is 8.70 Å². The third kappa shape index (κ3) is 2.42. The molecular formula is C15H20Se. The Kier molecular flexibility index (Phi) is 3.03. The van der Waals surface area contributed by atoms with Gasteiger partial charge in [0, 0.05) is 0 Å². The van der Waals surface area contributed by atoms with E-state index in [1.165, 1.54) is 22.9 Å². The van der Waals surface area contributed by atoms with Crippen LogP contribution in [-0.2, 0) is 6.42 Å². The van der Waals surface area contributed by atoms with Crippen LogP contribution >= 0.6 is 0 Å². The van der Waals surface area contributed by atoms with Crippen molar-refractivity contribution in [1.29, 1.82) is 0 Å². The zero-order valence-corrected chi connectivity index (χ0v) is 12.6. The standard InChI is InChI=1S/C15H20Se/c1-10-11(2)16-14-7-6-12(8-13(10)14)9-15(3,4)5/h6-8H,9H2,1-5H3. The van der Waals surface area contributed by atoms with E-state index in [-0.39, 0.29) is 0 Å². The minimum atomic E-state index is 0.380. The van der Waals surface area contributed by atoms with Gasteiger partial charge in [0.15, 0.2) is 0 Å². The van der Waals surface area contributed by atoms with Crippen molar-refractivity contribution in [2.45, 2.75) is 41.0 Å². The Morgan fingerprint density at radius 1 is 1.12 bits per heavy atom. The Balaban J connectivity index is 2.47. The van der Waals surface area contributed by atoms with Gasteiger partial charge in [-0.1, -0.05) is 0 Å². The van der Waals surface area contributed by atoms with Crippen LogP contribution < -0.4 is 0 Å². The first-order chi connectivity index (χ1) is 7.37. The Morgan fingerprint density at radius 2 is 1.81 bits per heavy atom. The van der Waals surface area contributed by atoms with Crippen LogP contribution in [0.1, 0.15) is 36.3 Å². The fourth-order valence-corrected chi connectivity index (χ4v) is 4.32. The van der Waals surface area contributed by atoms with Gasteiger partial charge in [0.1, 0.15) is 0 Å². The number of fused-ring (bicyclic) bond motifs is 1. The summed E-state index contributed by atoms with van der Waals surface area (Å²) in [5.74, 6) is 0. The molecule has 0 aliphatic carbocycles. The zero-order chi connectivity index (χ0) is 11.9. The normalized spacial score (nSPS) is 12.3. The first-order valence-electron chi connectivity index (χ1n) is 5.85. The van der Waals surface area contributed by atoms with E-state index in [0.717, 1.165) is 0 Å². The summed E-state index contributed by atoms with van der Waals surface area (Å²) in [6.07, 6.45) is 1.17. The fraction of sp³-hybridized carbons (Fsp3) is 0.467. The topological polar surface area (TPSA) is 0 Å². The van der Waals surface area contributed by atoms with Gasteiger partial charge in [0.2, 0.25) is 0 Å². The first kappa shape index (κ1) is 12.0. The van der Waals surface area contributed by atoms with Gasteiger partial charge in [-0.15, -0.1) is 0 Å². The van der Waals surface area contributed by atoms with E-state index in [0.29, 0.717) is 19.9 Å². The maximum atomic E-state index is 2.41. The molecule has 16 heavy (non-hydrogen) atoms. The molecule has 0 N–H and O–H groups in total. The summed E-state index contributed by atoms with van der Waals surface area (Å²) < 4.78 is 3.16. The Hall–Kier alpha value is -0.521. The summed E-state index contributed by atoms with van der Waals surface area (Å²) in [5, 5.41) is 1.51. The van der Waals surface area contributed by atoms with Crippen LogP contribution in [-0.4, -0.2) is 14.5 Å². The molecule has 0 aliphatic rings. The number of aryl methyl sites for hydroxylation is 2. The minimum absolute atomic E-state index is 0.380. The third-order valence-electron chi connectivity index (χ3n) is 2.97. The second kappa shape index (κ2) is 4.05. The molecule has 0 nitrogen and oxygen atoms in total. The van der Waals surface area contributed by atoms with Crippen LogP contribution in [0.5, 0.6) is 0 Å². The van der Waals surface area contributed by atoms with Gasteiger partial charge in [-0.3, -0.25) is 0 Å². The molecule has 1 heterocycles. The number of benzene rings is 1. The average Bonchev–Trinajstić information content (AvgIpc) is 2.42. The molecule has 0 unspecified atom stereocenters. The van der Waals surface area contributed by atoms with Crippen LogP contribution in [0.3, 0.4) is 0 Å². The van der Waals surface area contributed by atoms with Crippen LogP contribution in [0.2, 0.25) is 0 Å². The molecule has 1 aromatic carbocycles. The van der Waals surface area contributed by atoms with E-state index in [4.69, 9.17) is 0 Å². The van der Waals surface area contributed by atoms with Crippen molar-refractivity contribution in [2.24, 2.45) is 5.41 Å². The van der Waals surface area contributed by atoms with E-state index < -0.39 is 0 Å². The summed E-state index contributed by atoms with van der Waals surface area (Å²) in [7, 11) is 0. The molecule has 1 aromatic heterocycles. The van der Waals surface area contributed by atoms with Gasteiger partial charge in [-0.25, -0.2) is 0 Å². The average molecular weight is 279 g/mol. The fourth-order valence-electron chi connectivity index (χ4n) is 2.11. The molecule has 0 fully saturated rings. The SMILES string of the molecule is Cc1[se]c2ccc(CC(C)(C)C)cc2c1C. The third-order valence-corrected chi connectivity index (χ3v) is 5.47. The second-order valence-electron chi connectivity index (χ2n) is 5.85. The second-order valence-corrected chi connectivity index (χ2v) is 8.49. The van der Waals surface area contributed by atoms with Crippen molar-refractivity contribution in [1.82, 2.24) is 0 Å². The molecule has 0 saturated carbocycles. The van der Waals surface area contributed by atoms with Gasteiger partial charge in [0.05, 0.1) is 0 Å². The molecule has 2 rings (SSSR count). The van der Waals surface area contributed by atoms with Gasteiger partial charge in [-0.2, -0.15) is 0 Å². The molecule has 0 aliphatic heterocycles. The Morgan fingerprint density at radius 3 is 2.44 bits per heavy atom. The van der Waals surface area contributed by atoms with E-state index >= 15 is 0 Å². The van der Waals surface area contributed by atoms with Gasteiger partial charge >= 0.3 is 104 Å². The molecule has 0 radical (unpaired) electrons. The summed E-state index contributed by atoms with van der Waals surface area (Å²) in [6.45, 7) is 11.5. The molecule has 0 spiro atoms. The zero-order valence-electron chi connectivity index (χ0n) is 10.8. The van der Waals surface area contributed by atoms with E-state index in [9.17, 15) is 0 Å². The molecule has 0 amide bonds. The summed E-state index contributed by atoms with van der Waals surface area (Å²) >= 11 is 0.583. The molecule has 2 aromatic rings. The molecular weight excluding hydrogens is 259 g/mol. The maximum absolute atomic E-state index is 2.41. The predicted octanol–water partition coefficient (Wildman–Crippen LogP) is 4.10. The van der Waals surface area contributed by atoms with Crippen molar-refractivity contribution >= 4 is 24.1 Å². The quantitative estimate of drug-likeness (QED) is 0.689. The molecule has 1 heteroatoms. The monoisotopic (exact) mass is 280 g/mol. The van der Waals surface area contributed by atoms with Gasteiger partial charge < -0.3 is 0 Å². The number of hydrogen-bond acceptors (Lipinski definition) is 0. The summed E-state index contributed by atoms with van der Waals surface area (Å²) in [4.78, 5) is 0. The van der Waals surface area contributed by atoms with Crippen molar-refractivity contribution in [2.75, 3.05) is 0 Å². The first-order valence-corrected chi connectivity index (χ1v) is 7.57. The van der Waals surface area contributed by atoms with E-state index in [1.807, 2.05) is 0 Å². The van der Waals surface area contributed by atoms with Gasteiger partial charge in [0.25, 0.3) is 0 Å². The van der Waals surface area contributed by atoms with Crippen LogP contribution in [0.4, 0.5) is 0 Å². The van der Waals surface area contributed by atoms with Crippen LogP contribution in [0.15, 0.2) is 18.2 Å². The molecule has 0 saturated heterocycles. The van der Waals surface area contributed by atoms with Gasteiger partial charge in [-0.05, 0) is 0 Å². The Labute approximate surface area is 104 Å². The van der Waals surface area contributed by atoms with Crippen molar-refractivity contribution in [3.8, 4) is 0 Å². The molecule has 0 bridgehead atoms. The molecule has 86 valence electrons. The van der Waals surface area contributed by atoms with Crippen molar-refractivity contribution in [3.63, 3.8) is 0 Å². The van der Waals surface area contributed by atoms with Crippen molar-refractivity contribution in [3.05, 3.63) is 33.8 Å². The number of hydrogen-bond donors (Lipinski definition) is 0. The summed E-state index contributed by atoms with van der Waals surface area (Å²) in [5.41, 5.74) is 3.38. The van der Waals surface area contributed by atoms with Crippen LogP contribution in [0, 0.1) is 19.3 Å². The van der Waals surface area contributed by atoms with Crippen molar-refractivity contribution < 1.29 is 0 Å². The molecule has 0 atom stereocenters. The Bertz CT molecular complexity index is 512. The predicted molar refractivity (Wildman–Crippen MR) is 73.5 cm³/mol. The van der Waals surface area contributed by atoms with Crippen LogP contribution in [0.25, 0.3) is 9.65 Å². The van der Waals surface area contributed by atoms with E-state index in [2.05, 4.69) is 52.8 Å².